The summed E-state index contributed by atoms with van der Waals surface area (Å²) in [7, 11) is 0. The predicted octanol–water partition coefficient (Wildman–Crippen LogP) is 3.42. The summed E-state index contributed by atoms with van der Waals surface area (Å²) >= 11 is 0. The Balaban J connectivity index is 2.23. The number of hydrogen-bond donors (Lipinski definition) is 1. The normalized spacial score (nSPS) is 12.4. The number of aliphatic hydroxyl groups excluding tert-OH is 1. The molecule has 2 heteroatoms. The highest BCUT2D eigenvalue weighted by atomic mass is 16.3. The smallest absolute Gasteiger partial charge is 0.104 e. The summed E-state index contributed by atoms with van der Waals surface area (Å²) in [5, 5.41) is 10.4. The van der Waals surface area contributed by atoms with Crippen LogP contribution in [0.15, 0.2) is 42.7 Å². The van der Waals surface area contributed by atoms with Gasteiger partial charge in [-0.2, -0.15) is 0 Å². The van der Waals surface area contributed by atoms with E-state index in [0.29, 0.717) is 0 Å². The van der Waals surface area contributed by atoms with Gasteiger partial charge >= 0.3 is 0 Å². The van der Waals surface area contributed by atoms with Crippen LogP contribution in [0.3, 0.4) is 0 Å². The molecule has 0 aliphatic carbocycles. The lowest BCUT2D eigenvalue weighted by Crippen LogP contribution is -2.02. The van der Waals surface area contributed by atoms with Gasteiger partial charge in [-0.3, -0.25) is 4.98 Å². The van der Waals surface area contributed by atoms with Gasteiger partial charge in [0.2, 0.25) is 0 Å². The second-order valence-electron chi connectivity index (χ2n) is 4.63. The lowest BCUT2D eigenvalue weighted by molar-refractivity contribution is 0.219. The Bertz CT molecular complexity index is 505. The molecule has 0 amide bonds. The largest absolute Gasteiger partial charge is 0.384 e. The van der Waals surface area contributed by atoms with E-state index in [-0.39, 0.29) is 0 Å². The third kappa shape index (κ3) is 2.77. The summed E-state index contributed by atoms with van der Waals surface area (Å²) in [6.45, 7) is 4.14. The number of aromatic nitrogens is 1. The summed E-state index contributed by atoms with van der Waals surface area (Å²) < 4.78 is 0. The van der Waals surface area contributed by atoms with Crippen molar-refractivity contribution in [3.05, 3.63) is 65.0 Å². The number of benzene rings is 1. The Morgan fingerprint density at radius 1 is 1.17 bits per heavy atom. The second kappa shape index (κ2) is 5.78. The van der Waals surface area contributed by atoms with Crippen molar-refractivity contribution in [3.8, 4) is 0 Å². The van der Waals surface area contributed by atoms with Gasteiger partial charge < -0.3 is 5.11 Å². The fourth-order valence-corrected chi connectivity index (χ4v) is 2.13. The molecule has 2 aromatic rings. The van der Waals surface area contributed by atoms with Gasteiger partial charge in [0.15, 0.2) is 0 Å². The molecule has 1 aromatic carbocycles. The highest BCUT2D eigenvalue weighted by molar-refractivity contribution is 5.34. The van der Waals surface area contributed by atoms with Crippen LogP contribution in [0.2, 0.25) is 0 Å². The van der Waals surface area contributed by atoms with E-state index < -0.39 is 6.10 Å². The molecule has 18 heavy (non-hydrogen) atoms. The fourth-order valence-electron chi connectivity index (χ4n) is 2.13. The summed E-state index contributed by atoms with van der Waals surface area (Å²) in [6, 6.07) is 10.1. The Labute approximate surface area is 108 Å². The number of aryl methyl sites for hydroxylation is 2. The number of hydrogen-bond acceptors (Lipinski definition) is 2. The molecule has 1 unspecified atom stereocenters. The Kier molecular flexibility index (Phi) is 4.11. The maximum absolute atomic E-state index is 10.4. The lowest BCUT2D eigenvalue weighted by atomic mass is 9.97. The monoisotopic (exact) mass is 241 g/mol. The van der Waals surface area contributed by atoms with Gasteiger partial charge in [0.25, 0.3) is 0 Å². The van der Waals surface area contributed by atoms with Gasteiger partial charge in [-0.15, -0.1) is 0 Å². The van der Waals surface area contributed by atoms with Crippen molar-refractivity contribution in [1.82, 2.24) is 4.98 Å². The molecule has 0 saturated heterocycles. The molecule has 94 valence electrons. The average molecular weight is 241 g/mol. The Hall–Kier alpha value is -1.67. The summed E-state index contributed by atoms with van der Waals surface area (Å²) in [5.74, 6) is 0. The molecule has 0 aliphatic heterocycles. The molecule has 0 saturated carbocycles. The van der Waals surface area contributed by atoms with E-state index in [1.165, 1.54) is 5.56 Å². The number of pyridine rings is 1. The molecule has 0 spiro atoms. The number of rotatable bonds is 4. The molecule has 1 aromatic heterocycles. The summed E-state index contributed by atoms with van der Waals surface area (Å²) in [4.78, 5) is 4.05. The van der Waals surface area contributed by atoms with Crippen molar-refractivity contribution >= 4 is 0 Å². The lowest BCUT2D eigenvalue weighted by Gasteiger charge is -2.14. The van der Waals surface area contributed by atoms with E-state index in [4.69, 9.17) is 0 Å². The summed E-state index contributed by atoms with van der Waals surface area (Å²) in [5.41, 5.74) is 4.19. The van der Waals surface area contributed by atoms with E-state index in [1.54, 1.807) is 12.4 Å². The standard InChI is InChI=1S/C16H19NO/c1-3-4-13-5-7-14(8-6-13)16(18)15-9-10-17-11-12(15)2/h5-11,16,18H,3-4H2,1-2H3. The zero-order valence-electron chi connectivity index (χ0n) is 10.9. The van der Waals surface area contributed by atoms with Crippen LogP contribution >= 0.6 is 0 Å². The Morgan fingerprint density at radius 3 is 2.50 bits per heavy atom. The molecule has 1 heterocycles. The Morgan fingerprint density at radius 2 is 1.89 bits per heavy atom. The van der Waals surface area contributed by atoms with Crippen LogP contribution in [-0.4, -0.2) is 10.1 Å². The number of aliphatic hydroxyl groups is 1. The van der Waals surface area contributed by atoms with Crippen LogP contribution in [0.5, 0.6) is 0 Å². The van der Waals surface area contributed by atoms with Crippen molar-refractivity contribution in [2.24, 2.45) is 0 Å². The van der Waals surface area contributed by atoms with Crippen molar-refractivity contribution in [2.45, 2.75) is 32.8 Å². The highest BCUT2D eigenvalue weighted by Gasteiger charge is 2.12. The van der Waals surface area contributed by atoms with Gasteiger partial charge in [-0.05, 0) is 41.7 Å². The van der Waals surface area contributed by atoms with Crippen molar-refractivity contribution < 1.29 is 5.11 Å². The minimum Gasteiger partial charge on any atom is -0.384 e. The maximum atomic E-state index is 10.4. The molecule has 0 fully saturated rings. The van der Waals surface area contributed by atoms with E-state index >= 15 is 0 Å². The van der Waals surface area contributed by atoms with Gasteiger partial charge in [0.05, 0.1) is 0 Å². The van der Waals surface area contributed by atoms with Crippen LogP contribution < -0.4 is 0 Å². The van der Waals surface area contributed by atoms with Crippen molar-refractivity contribution in [3.63, 3.8) is 0 Å². The van der Waals surface area contributed by atoms with E-state index in [1.807, 2.05) is 25.1 Å². The van der Waals surface area contributed by atoms with Crippen molar-refractivity contribution in [1.29, 1.82) is 0 Å². The van der Waals surface area contributed by atoms with Crippen LogP contribution in [0.25, 0.3) is 0 Å². The molecular formula is C16H19NO. The van der Waals surface area contributed by atoms with Gasteiger partial charge in [-0.25, -0.2) is 0 Å². The number of nitrogens with zero attached hydrogens (tertiary/aromatic N) is 1. The van der Waals surface area contributed by atoms with E-state index in [0.717, 1.165) is 29.5 Å². The molecular weight excluding hydrogens is 222 g/mol. The molecule has 1 atom stereocenters. The predicted molar refractivity (Wildman–Crippen MR) is 73.5 cm³/mol. The summed E-state index contributed by atoms with van der Waals surface area (Å²) in [6.07, 6.45) is 5.17. The fraction of sp³-hybridized carbons (Fsp3) is 0.312. The van der Waals surface area contributed by atoms with E-state index in [2.05, 4.69) is 24.0 Å². The minimum atomic E-state index is -0.566. The van der Waals surface area contributed by atoms with Gasteiger partial charge in [0.1, 0.15) is 6.10 Å². The maximum Gasteiger partial charge on any atom is 0.104 e. The molecule has 2 nitrogen and oxygen atoms in total. The molecule has 2 rings (SSSR count). The quantitative estimate of drug-likeness (QED) is 0.889. The first-order valence-electron chi connectivity index (χ1n) is 6.39. The SMILES string of the molecule is CCCc1ccc(C(O)c2ccncc2C)cc1. The topological polar surface area (TPSA) is 33.1 Å². The third-order valence-corrected chi connectivity index (χ3v) is 3.19. The van der Waals surface area contributed by atoms with Gasteiger partial charge in [0, 0.05) is 12.4 Å². The first-order chi connectivity index (χ1) is 8.72. The molecule has 0 radical (unpaired) electrons. The second-order valence-corrected chi connectivity index (χ2v) is 4.63. The van der Waals surface area contributed by atoms with Crippen LogP contribution in [0, 0.1) is 6.92 Å². The van der Waals surface area contributed by atoms with Gasteiger partial charge in [-0.1, -0.05) is 37.6 Å². The third-order valence-electron chi connectivity index (χ3n) is 3.19. The zero-order chi connectivity index (χ0) is 13.0. The first kappa shape index (κ1) is 12.8. The molecule has 0 aliphatic rings. The van der Waals surface area contributed by atoms with Crippen molar-refractivity contribution in [2.75, 3.05) is 0 Å². The molecule has 1 N–H and O–H groups in total. The van der Waals surface area contributed by atoms with Crippen LogP contribution in [0.4, 0.5) is 0 Å². The zero-order valence-corrected chi connectivity index (χ0v) is 10.9. The first-order valence-corrected chi connectivity index (χ1v) is 6.39. The average Bonchev–Trinajstić information content (AvgIpc) is 2.40. The van der Waals surface area contributed by atoms with Crippen LogP contribution in [0.1, 0.15) is 41.7 Å². The highest BCUT2D eigenvalue weighted by Crippen LogP contribution is 2.24. The minimum absolute atomic E-state index is 0.566. The molecule has 0 bridgehead atoms. The van der Waals surface area contributed by atoms with E-state index in [9.17, 15) is 5.11 Å². The van der Waals surface area contributed by atoms with Crippen LogP contribution in [-0.2, 0) is 6.42 Å².